The minimum absolute atomic E-state index is 0.0483. The van der Waals surface area contributed by atoms with Crippen LogP contribution in [0.1, 0.15) is 32.1 Å². The van der Waals surface area contributed by atoms with Gasteiger partial charge in [0.25, 0.3) is 0 Å². The summed E-state index contributed by atoms with van der Waals surface area (Å²) in [5, 5.41) is 2.85. The molecule has 0 aliphatic carbocycles. The largest absolute Gasteiger partial charge is 0.363 e. The number of hydrogen-bond donors (Lipinski definition) is 2. The number of pyridine rings is 1. The van der Waals surface area contributed by atoms with Gasteiger partial charge in [0.1, 0.15) is 5.82 Å². The van der Waals surface area contributed by atoms with E-state index < -0.39 is 0 Å². The zero-order chi connectivity index (χ0) is 14.1. The molecule has 1 aromatic rings. The van der Waals surface area contributed by atoms with E-state index in [1.807, 2.05) is 31.1 Å². The summed E-state index contributed by atoms with van der Waals surface area (Å²) in [4.78, 5) is 17.9. The van der Waals surface area contributed by atoms with Crippen molar-refractivity contribution >= 4 is 17.4 Å². The fourth-order valence-corrected chi connectivity index (χ4v) is 1.73. The summed E-state index contributed by atoms with van der Waals surface area (Å²) in [7, 11) is 3.86. The third-order valence-electron chi connectivity index (χ3n) is 2.85. The van der Waals surface area contributed by atoms with Gasteiger partial charge >= 0.3 is 0 Å². The molecule has 0 saturated heterocycles. The Morgan fingerprint density at radius 3 is 2.58 bits per heavy atom. The van der Waals surface area contributed by atoms with Crippen LogP contribution < -0.4 is 16.0 Å². The minimum Gasteiger partial charge on any atom is -0.363 e. The normalized spacial score (nSPS) is 10.3. The Hall–Kier alpha value is -1.62. The first-order valence-electron chi connectivity index (χ1n) is 6.77. The van der Waals surface area contributed by atoms with Crippen molar-refractivity contribution in [3.63, 3.8) is 0 Å². The molecule has 0 radical (unpaired) electrons. The number of carbonyl (C=O) groups is 1. The van der Waals surface area contributed by atoms with Gasteiger partial charge in [-0.15, -0.1) is 0 Å². The summed E-state index contributed by atoms with van der Waals surface area (Å²) in [5.41, 5.74) is 6.16. The second kappa shape index (κ2) is 8.48. The molecule has 5 heteroatoms. The summed E-state index contributed by atoms with van der Waals surface area (Å²) < 4.78 is 0. The second-order valence-electron chi connectivity index (χ2n) is 4.80. The predicted octanol–water partition coefficient (Wildman–Crippen LogP) is 2.00. The van der Waals surface area contributed by atoms with Crippen molar-refractivity contribution in [3.8, 4) is 0 Å². The molecule has 0 atom stereocenters. The first-order chi connectivity index (χ1) is 9.13. The van der Waals surface area contributed by atoms with Crippen LogP contribution in [0.4, 0.5) is 11.5 Å². The standard InChI is InChI=1S/C14H24N4O/c1-18(2)13-9-8-12(11-16-13)17-14(19)7-5-3-4-6-10-15/h8-9,11H,3-7,10,15H2,1-2H3,(H,17,19). The monoisotopic (exact) mass is 264 g/mol. The zero-order valence-corrected chi connectivity index (χ0v) is 11.9. The molecule has 0 spiro atoms. The van der Waals surface area contributed by atoms with Crippen molar-refractivity contribution in [2.45, 2.75) is 32.1 Å². The number of unbranched alkanes of at least 4 members (excludes halogenated alkanes) is 3. The molecule has 0 aliphatic rings. The van der Waals surface area contributed by atoms with Gasteiger partial charge in [0.05, 0.1) is 11.9 Å². The van der Waals surface area contributed by atoms with E-state index in [-0.39, 0.29) is 5.91 Å². The third kappa shape index (κ3) is 6.20. The van der Waals surface area contributed by atoms with Crippen molar-refractivity contribution in [1.29, 1.82) is 0 Å². The van der Waals surface area contributed by atoms with Crippen LogP contribution in [0.25, 0.3) is 0 Å². The Morgan fingerprint density at radius 2 is 2.00 bits per heavy atom. The maximum Gasteiger partial charge on any atom is 0.224 e. The van der Waals surface area contributed by atoms with Crippen LogP contribution >= 0.6 is 0 Å². The molecule has 19 heavy (non-hydrogen) atoms. The molecule has 1 rings (SSSR count). The maximum absolute atomic E-state index is 11.7. The lowest BCUT2D eigenvalue weighted by Crippen LogP contribution is -2.13. The summed E-state index contributed by atoms with van der Waals surface area (Å²) in [6.07, 6.45) is 6.35. The van der Waals surface area contributed by atoms with E-state index in [1.165, 1.54) is 0 Å². The van der Waals surface area contributed by atoms with Gasteiger partial charge < -0.3 is 16.0 Å². The van der Waals surface area contributed by atoms with Crippen LogP contribution in [-0.2, 0) is 4.79 Å². The fourth-order valence-electron chi connectivity index (χ4n) is 1.73. The number of rotatable bonds is 8. The molecule has 0 unspecified atom stereocenters. The highest BCUT2D eigenvalue weighted by atomic mass is 16.1. The number of hydrogen-bond acceptors (Lipinski definition) is 4. The van der Waals surface area contributed by atoms with Gasteiger partial charge in [0, 0.05) is 20.5 Å². The minimum atomic E-state index is 0.0483. The number of nitrogens with one attached hydrogen (secondary N) is 1. The highest BCUT2D eigenvalue weighted by Gasteiger charge is 2.03. The number of aromatic nitrogens is 1. The molecule has 0 fully saturated rings. The third-order valence-corrected chi connectivity index (χ3v) is 2.85. The van der Waals surface area contributed by atoms with E-state index in [0.29, 0.717) is 6.42 Å². The van der Waals surface area contributed by atoms with Crippen molar-refractivity contribution in [2.75, 3.05) is 30.9 Å². The summed E-state index contributed by atoms with van der Waals surface area (Å²) in [5.74, 6) is 0.923. The first kappa shape index (κ1) is 15.4. The molecule has 5 nitrogen and oxygen atoms in total. The Labute approximate surface area is 115 Å². The van der Waals surface area contributed by atoms with Crippen LogP contribution in [0, 0.1) is 0 Å². The summed E-state index contributed by atoms with van der Waals surface area (Å²) in [6, 6.07) is 3.76. The lowest BCUT2D eigenvalue weighted by atomic mass is 10.1. The topological polar surface area (TPSA) is 71.2 Å². The van der Waals surface area contributed by atoms with Crippen LogP contribution in [0.2, 0.25) is 0 Å². The Balaban J connectivity index is 2.28. The van der Waals surface area contributed by atoms with Crippen LogP contribution in [0.3, 0.4) is 0 Å². The van der Waals surface area contributed by atoms with Crippen LogP contribution in [0.5, 0.6) is 0 Å². The molecule has 1 amide bonds. The first-order valence-corrected chi connectivity index (χ1v) is 6.77. The Kier molecular flexibility index (Phi) is 6.89. The predicted molar refractivity (Wildman–Crippen MR) is 79.3 cm³/mol. The zero-order valence-electron chi connectivity index (χ0n) is 11.9. The molecule has 0 aromatic carbocycles. The SMILES string of the molecule is CN(C)c1ccc(NC(=O)CCCCCCN)cn1. The molecule has 0 saturated carbocycles. The van der Waals surface area contributed by atoms with Gasteiger partial charge in [-0.1, -0.05) is 12.8 Å². The molecular formula is C14H24N4O. The fraction of sp³-hybridized carbons (Fsp3) is 0.571. The number of nitrogens with two attached hydrogens (primary N) is 1. The van der Waals surface area contributed by atoms with Crippen molar-refractivity contribution in [2.24, 2.45) is 5.73 Å². The lowest BCUT2D eigenvalue weighted by molar-refractivity contribution is -0.116. The van der Waals surface area contributed by atoms with E-state index in [1.54, 1.807) is 6.20 Å². The molecule has 106 valence electrons. The molecule has 1 aromatic heterocycles. The van der Waals surface area contributed by atoms with Gasteiger partial charge in [-0.25, -0.2) is 4.98 Å². The smallest absolute Gasteiger partial charge is 0.224 e. The van der Waals surface area contributed by atoms with E-state index in [0.717, 1.165) is 43.7 Å². The lowest BCUT2D eigenvalue weighted by Gasteiger charge is -2.11. The van der Waals surface area contributed by atoms with Crippen LogP contribution in [0.15, 0.2) is 18.3 Å². The van der Waals surface area contributed by atoms with Crippen molar-refractivity contribution in [3.05, 3.63) is 18.3 Å². The maximum atomic E-state index is 11.7. The van der Waals surface area contributed by atoms with Gasteiger partial charge in [-0.2, -0.15) is 0 Å². The Morgan fingerprint density at radius 1 is 1.26 bits per heavy atom. The molecule has 3 N–H and O–H groups in total. The molecule has 0 aliphatic heterocycles. The quantitative estimate of drug-likeness (QED) is 0.704. The van der Waals surface area contributed by atoms with Crippen molar-refractivity contribution in [1.82, 2.24) is 4.98 Å². The second-order valence-corrected chi connectivity index (χ2v) is 4.80. The summed E-state index contributed by atoms with van der Waals surface area (Å²) >= 11 is 0. The summed E-state index contributed by atoms with van der Waals surface area (Å²) in [6.45, 7) is 0.732. The van der Waals surface area contributed by atoms with Crippen LogP contribution in [-0.4, -0.2) is 31.5 Å². The number of nitrogens with zero attached hydrogens (tertiary/aromatic N) is 2. The molecule has 0 bridgehead atoms. The van der Waals surface area contributed by atoms with Crippen molar-refractivity contribution < 1.29 is 4.79 Å². The van der Waals surface area contributed by atoms with Gasteiger partial charge in [0.2, 0.25) is 5.91 Å². The Bertz CT molecular complexity index is 376. The van der Waals surface area contributed by atoms with E-state index >= 15 is 0 Å². The van der Waals surface area contributed by atoms with E-state index in [2.05, 4.69) is 10.3 Å². The molecular weight excluding hydrogens is 240 g/mol. The number of anilines is 2. The van der Waals surface area contributed by atoms with E-state index in [4.69, 9.17) is 5.73 Å². The highest BCUT2D eigenvalue weighted by molar-refractivity contribution is 5.90. The average molecular weight is 264 g/mol. The van der Waals surface area contributed by atoms with Gasteiger partial charge in [-0.3, -0.25) is 4.79 Å². The van der Waals surface area contributed by atoms with Gasteiger partial charge in [0.15, 0.2) is 0 Å². The number of amides is 1. The highest BCUT2D eigenvalue weighted by Crippen LogP contribution is 2.12. The molecule has 1 heterocycles. The van der Waals surface area contributed by atoms with Gasteiger partial charge in [-0.05, 0) is 31.5 Å². The average Bonchev–Trinajstić information content (AvgIpc) is 2.39. The number of carbonyl (C=O) groups excluding carboxylic acids is 1. The van der Waals surface area contributed by atoms with E-state index in [9.17, 15) is 4.79 Å².